The fourth-order valence-electron chi connectivity index (χ4n) is 3.51. The van der Waals surface area contributed by atoms with Crippen LogP contribution in [0.25, 0.3) is 17.2 Å². The van der Waals surface area contributed by atoms with Crippen LogP contribution in [0.4, 0.5) is 27.8 Å². The van der Waals surface area contributed by atoms with Crippen molar-refractivity contribution in [3.8, 4) is 11.5 Å². The summed E-state index contributed by atoms with van der Waals surface area (Å²) in [5.74, 6) is -2.36. The molecule has 3 aromatic heterocycles. The first-order valence-corrected chi connectivity index (χ1v) is 9.46. The van der Waals surface area contributed by atoms with Gasteiger partial charge in [0.25, 0.3) is 0 Å². The number of fused-ring (bicyclic) bond motifs is 1. The molecule has 1 atom stereocenters. The first-order valence-electron chi connectivity index (χ1n) is 9.46. The van der Waals surface area contributed by atoms with Crippen molar-refractivity contribution in [1.82, 2.24) is 24.3 Å². The average molecular weight is 440 g/mol. The number of hydrogen-bond acceptors (Lipinski definition) is 5. The predicted octanol–water partition coefficient (Wildman–Crippen LogP) is 3.42. The maximum Gasteiger partial charge on any atom is 0.397 e. The third-order valence-corrected chi connectivity index (χ3v) is 4.91. The molecule has 0 saturated carbocycles. The van der Waals surface area contributed by atoms with Gasteiger partial charge in [0.05, 0.1) is 12.4 Å². The highest BCUT2D eigenvalue weighted by atomic mass is 19.4. The summed E-state index contributed by atoms with van der Waals surface area (Å²) >= 11 is 0. The second-order valence-corrected chi connectivity index (χ2v) is 7.22. The van der Waals surface area contributed by atoms with Crippen LogP contribution in [0.5, 0.6) is 0 Å². The minimum atomic E-state index is -4.58. The zero-order valence-corrected chi connectivity index (χ0v) is 16.0. The van der Waals surface area contributed by atoms with Gasteiger partial charge >= 0.3 is 6.18 Å². The van der Waals surface area contributed by atoms with Gasteiger partial charge in [-0.15, -0.1) is 0 Å². The van der Waals surface area contributed by atoms with Crippen molar-refractivity contribution in [2.75, 3.05) is 18.4 Å². The Kier molecular flexibility index (Phi) is 5.46. The largest absolute Gasteiger partial charge is 0.397 e. The quantitative estimate of drug-likeness (QED) is 0.630. The summed E-state index contributed by atoms with van der Waals surface area (Å²) in [6.07, 6.45) is -1.57. The molecule has 0 aromatic carbocycles. The molecule has 1 aliphatic heterocycles. The molecule has 0 aliphatic carbocycles. The van der Waals surface area contributed by atoms with Crippen molar-refractivity contribution in [1.29, 1.82) is 0 Å². The Morgan fingerprint density at radius 2 is 2.00 bits per heavy atom. The average Bonchev–Trinajstić information content (AvgIpc) is 3.11. The summed E-state index contributed by atoms with van der Waals surface area (Å²) in [5.41, 5.74) is 0.785. The number of amides is 1. The number of pyridine rings is 1. The van der Waals surface area contributed by atoms with Crippen LogP contribution in [0, 0.1) is 11.6 Å². The molecule has 1 amide bonds. The first-order chi connectivity index (χ1) is 14.7. The molecule has 4 rings (SSSR count). The Bertz CT molecular complexity index is 1110. The van der Waals surface area contributed by atoms with Gasteiger partial charge in [-0.05, 0) is 25.0 Å². The van der Waals surface area contributed by atoms with Crippen LogP contribution in [0.1, 0.15) is 19.3 Å². The van der Waals surface area contributed by atoms with E-state index in [1.165, 1.54) is 28.9 Å². The lowest BCUT2D eigenvalue weighted by atomic mass is 10.1. The highest BCUT2D eigenvalue weighted by molar-refractivity contribution is 5.77. The Hall–Kier alpha value is -3.31. The molecule has 31 heavy (non-hydrogen) atoms. The van der Waals surface area contributed by atoms with Gasteiger partial charge in [0.1, 0.15) is 23.6 Å². The number of rotatable bonds is 4. The van der Waals surface area contributed by atoms with Crippen LogP contribution in [-0.4, -0.2) is 55.5 Å². The van der Waals surface area contributed by atoms with Gasteiger partial charge in [-0.25, -0.2) is 23.7 Å². The van der Waals surface area contributed by atoms with E-state index in [1.54, 1.807) is 0 Å². The number of carbonyl (C=O) groups excluding carboxylic acids is 1. The van der Waals surface area contributed by atoms with Crippen molar-refractivity contribution < 1.29 is 26.7 Å². The molecule has 4 heterocycles. The summed E-state index contributed by atoms with van der Waals surface area (Å²) in [5, 5.41) is 2.85. The van der Waals surface area contributed by atoms with Gasteiger partial charge in [0, 0.05) is 25.3 Å². The number of imidazole rings is 1. The van der Waals surface area contributed by atoms with Crippen molar-refractivity contribution in [3.63, 3.8) is 0 Å². The minimum absolute atomic E-state index is 0.00544. The monoisotopic (exact) mass is 440 g/mol. The topological polar surface area (TPSA) is 75.4 Å². The van der Waals surface area contributed by atoms with Gasteiger partial charge in [0.2, 0.25) is 5.91 Å². The highest BCUT2D eigenvalue weighted by Gasteiger charge is 2.35. The number of anilines is 1. The van der Waals surface area contributed by atoms with Crippen molar-refractivity contribution in [2.45, 2.75) is 31.5 Å². The van der Waals surface area contributed by atoms with Crippen molar-refractivity contribution >= 4 is 17.4 Å². The lowest BCUT2D eigenvalue weighted by Crippen LogP contribution is -2.46. The highest BCUT2D eigenvalue weighted by Crippen LogP contribution is 2.25. The Morgan fingerprint density at radius 3 is 2.77 bits per heavy atom. The third kappa shape index (κ3) is 4.72. The third-order valence-electron chi connectivity index (χ3n) is 4.91. The van der Waals surface area contributed by atoms with Gasteiger partial charge in [-0.2, -0.15) is 13.2 Å². The summed E-state index contributed by atoms with van der Waals surface area (Å²) in [4.78, 5) is 25.2. The number of aromatic nitrogens is 4. The molecule has 0 bridgehead atoms. The second kappa shape index (κ2) is 8.08. The summed E-state index contributed by atoms with van der Waals surface area (Å²) in [6, 6.07) is 2.23. The molecule has 1 N–H and O–H groups in total. The maximum atomic E-state index is 14.3. The van der Waals surface area contributed by atoms with E-state index in [0.717, 1.165) is 11.1 Å². The van der Waals surface area contributed by atoms with Crippen LogP contribution in [0.15, 0.2) is 30.7 Å². The number of alkyl halides is 3. The predicted molar refractivity (Wildman–Crippen MR) is 100 cm³/mol. The summed E-state index contributed by atoms with van der Waals surface area (Å²) < 4.78 is 66.9. The zero-order valence-electron chi connectivity index (χ0n) is 16.0. The standard InChI is InChI=1S/C19H17F5N6O/c20-11-3-4-15-25-8-14(30(15)9-11)18-26-7-13(21)17(28-18)27-12-2-1-5-29(10-12)16(31)6-19(22,23)24/h3-4,7-9,12H,1-2,5-6,10H2,(H,26,27,28)/t12-/m1/s1. The second-order valence-electron chi connectivity index (χ2n) is 7.22. The van der Waals surface area contributed by atoms with E-state index >= 15 is 0 Å². The maximum absolute atomic E-state index is 14.3. The number of likely N-dealkylation sites (tertiary alicyclic amines) is 1. The van der Waals surface area contributed by atoms with Gasteiger partial charge in [0.15, 0.2) is 17.5 Å². The number of hydrogen-bond donors (Lipinski definition) is 1. The molecule has 12 heteroatoms. The van der Waals surface area contributed by atoms with Crippen LogP contribution >= 0.6 is 0 Å². The Morgan fingerprint density at radius 1 is 1.19 bits per heavy atom. The molecule has 1 fully saturated rings. The Balaban J connectivity index is 1.54. The van der Waals surface area contributed by atoms with Crippen LogP contribution < -0.4 is 5.32 Å². The van der Waals surface area contributed by atoms with E-state index in [4.69, 9.17) is 0 Å². The molecule has 0 radical (unpaired) electrons. The first kappa shape index (κ1) is 20.9. The molecule has 1 aliphatic rings. The fourth-order valence-corrected chi connectivity index (χ4v) is 3.51. The zero-order chi connectivity index (χ0) is 22.2. The van der Waals surface area contributed by atoms with Crippen LogP contribution in [0.3, 0.4) is 0 Å². The lowest BCUT2D eigenvalue weighted by molar-refractivity contribution is -0.162. The number of halogens is 5. The summed E-state index contributed by atoms with van der Waals surface area (Å²) in [7, 11) is 0. The molecule has 164 valence electrons. The SMILES string of the molecule is O=C(CC(F)(F)F)N1CCC[C@@H](Nc2nc(-c3cnc4ccc(F)cn34)ncc2F)C1. The number of carbonyl (C=O) groups is 1. The molecule has 3 aromatic rings. The Labute approximate surface area is 172 Å². The van der Waals surface area contributed by atoms with Crippen LogP contribution in [0.2, 0.25) is 0 Å². The molecule has 1 saturated heterocycles. The minimum Gasteiger partial charge on any atom is -0.363 e. The van der Waals surface area contributed by atoms with Crippen molar-refractivity contribution in [2.24, 2.45) is 0 Å². The molecule has 0 unspecified atom stereocenters. The summed E-state index contributed by atoms with van der Waals surface area (Å²) in [6.45, 7) is 0.201. The fraction of sp³-hybridized carbons (Fsp3) is 0.368. The van der Waals surface area contributed by atoms with Gasteiger partial charge in [-0.3, -0.25) is 9.20 Å². The molecule has 0 spiro atoms. The van der Waals surface area contributed by atoms with Crippen LogP contribution in [-0.2, 0) is 4.79 Å². The van der Waals surface area contributed by atoms with E-state index in [-0.39, 0.29) is 24.7 Å². The van der Waals surface area contributed by atoms with E-state index in [1.807, 2.05) is 0 Å². The number of nitrogens with zero attached hydrogens (tertiary/aromatic N) is 5. The lowest BCUT2D eigenvalue weighted by Gasteiger charge is -2.33. The number of piperidine rings is 1. The van der Waals surface area contributed by atoms with Gasteiger partial charge in [-0.1, -0.05) is 0 Å². The molecule has 7 nitrogen and oxygen atoms in total. The van der Waals surface area contributed by atoms with E-state index < -0.39 is 36.2 Å². The van der Waals surface area contributed by atoms with Gasteiger partial charge < -0.3 is 10.2 Å². The smallest absolute Gasteiger partial charge is 0.363 e. The molecular weight excluding hydrogens is 423 g/mol. The van der Waals surface area contributed by atoms with E-state index in [2.05, 4.69) is 20.3 Å². The number of nitrogens with one attached hydrogen (secondary N) is 1. The van der Waals surface area contributed by atoms with E-state index in [0.29, 0.717) is 24.2 Å². The van der Waals surface area contributed by atoms with E-state index in [9.17, 15) is 26.7 Å². The molecular formula is C19H17F5N6O. The normalized spacial score (nSPS) is 17.2. The van der Waals surface area contributed by atoms with Crippen molar-refractivity contribution in [3.05, 3.63) is 42.4 Å².